The summed E-state index contributed by atoms with van der Waals surface area (Å²) in [5, 5.41) is 10.5. The fourth-order valence-electron chi connectivity index (χ4n) is 2.70. The Morgan fingerprint density at radius 1 is 1.43 bits per heavy atom. The Morgan fingerprint density at radius 3 is 2.87 bits per heavy atom. The second-order valence-electron chi connectivity index (χ2n) is 6.53. The molecule has 3 heterocycles. The molecule has 9 heteroatoms. The van der Waals surface area contributed by atoms with Gasteiger partial charge in [0.15, 0.2) is 17.7 Å². The van der Waals surface area contributed by atoms with Crippen molar-refractivity contribution in [1.29, 1.82) is 0 Å². The predicted octanol–water partition coefficient (Wildman–Crippen LogP) is 1.53. The number of aromatic nitrogens is 4. The Kier molecular flexibility index (Phi) is 4.53. The molecule has 4 atom stereocenters. The third kappa shape index (κ3) is 3.31. The van der Waals surface area contributed by atoms with Crippen LogP contribution >= 0.6 is 22.8 Å². The summed E-state index contributed by atoms with van der Waals surface area (Å²) in [4.78, 5) is 12.2. The maximum Gasteiger partial charge on any atom is 0.167 e. The highest BCUT2D eigenvalue weighted by atomic mass is 79.9. The average molecular weight is 402 g/mol. The van der Waals surface area contributed by atoms with Crippen LogP contribution in [0, 0.1) is 0 Å². The van der Waals surface area contributed by atoms with Crippen LogP contribution in [0.4, 0.5) is 5.82 Å². The van der Waals surface area contributed by atoms with Crippen LogP contribution in [0.3, 0.4) is 0 Å². The van der Waals surface area contributed by atoms with Crippen molar-refractivity contribution in [3.63, 3.8) is 0 Å². The Labute approximate surface area is 143 Å². The van der Waals surface area contributed by atoms with E-state index in [4.69, 9.17) is 10.5 Å². The van der Waals surface area contributed by atoms with Crippen LogP contribution in [0.15, 0.2) is 12.7 Å². The zero-order valence-corrected chi connectivity index (χ0v) is 15.6. The number of hydrogen-bond donors (Lipinski definition) is 2. The van der Waals surface area contributed by atoms with Crippen LogP contribution in [-0.2, 0) is 4.74 Å². The number of alkyl halides is 1. The molecule has 0 amide bonds. The highest BCUT2D eigenvalue weighted by molar-refractivity contribution is 9.09. The Bertz CT molecular complexity index is 761. The van der Waals surface area contributed by atoms with Crippen molar-refractivity contribution in [2.75, 3.05) is 25.2 Å². The van der Waals surface area contributed by atoms with Gasteiger partial charge >= 0.3 is 0 Å². The SMILES string of the molecule is C=P(C)(C)CC[C@H]1OC(n2cnc3c(N)ncnc32)[C@H](Br)[C@@H]1O. The van der Waals surface area contributed by atoms with E-state index in [1.807, 2.05) is 0 Å². The molecule has 1 unspecified atom stereocenters. The third-order valence-electron chi connectivity index (χ3n) is 3.97. The number of nitrogen functional groups attached to an aromatic ring is 1. The standard InChI is InChI=1S/C14H21BrN5O2P/c1-23(2,3)5-4-8-11(21)9(15)14(22-8)20-7-19-10-12(16)17-6-18-13(10)20/h6-9,11,14,21H,1,4-5H2,2-3H3,(H2,16,17,18)/t8-,9-,11-,14?/m1/s1. The molecular weight excluding hydrogens is 381 g/mol. The minimum atomic E-state index is -1.15. The number of halogens is 1. The number of imidazole rings is 1. The van der Waals surface area contributed by atoms with Crippen LogP contribution in [0.2, 0.25) is 0 Å². The lowest BCUT2D eigenvalue weighted by molar-refractivity contribution is -0.0174. The Morgan fingerprint density at radius 2 is 2.17 bits per heavy atom. The second kappa shape index (κ2) is 6.16. The van der Waals surface area contributed by atoms with Gasteiger partial charge in [0.05, 0.1) is 23.4 Å². The molecule has 0 aliphatic carbocycles. The Hall–Kier alpha value is -0.950. The quantitative estimate of drug-likeness (QED) is 0.595. The van der Waals surface area contributed by atoms with Crippen molar-refractivity contribution in [3.05, 3.63) is 12.7 Å². The summed E-state index contributed by atoms with van der Waals surface area (Å²) in [5.74, 6) is 0.332. The normalized spacial score (nSPS) is 28.5. The number of anilines is 1. The third-order valence-corrected chi connectivity index (χ3v) is 6.44. The Balaban J connectivity index is 1.85. The average Bonchev–Trinajstić information content (AvgIpc) is 3.01. The van der Waals surface area contributed by atoms with Crippen molar-refractivity contribution in [2.45, 2.75) is 29.7 Å². The fraction of sp³-hybridized carbons (Fsp3) is 0.571. The minimum absolute atomic E-state index is 0.234. The van der Waals surface area contributed by atoms with Gasteiger partial charge in [-0.1, -0.05) is 15.9 Å². The van der Waals surface area contributed by atoms with Crippen LogP contribution in [0.25, 0.3) is 11.2 Å². The molecule has 2 aromatic rings. The number of fused-ring (bicyclic) bond motifs is 1. The zero-order valence-electron chi connectivity index (χ0n) is 13.1. The molecule has 23 heavy (non-hydrogen) atoms. The van der Waals surface area contributed by atoms with Gasteiger partial charge in [-0.3, -0.25) is 4.57 Å². The van der Waals surface area contributed by atoms with E-state index in [0.29, 0.717) is 17.0 Å². The van der Waals surface area contributed by atoms with Crippen molar-refractivity contribution < 1.29 is 9.84 Å². The van der Waals surface area contributed by atoms with Gasteiger partial charge in [0.2, 0.25) is 0 Å². The van der Waals surface area contributed by atoms with Gasteiger partial charge in [-0.05, 0) is 25.9 Å². The van der Waals surface area contributed by atoms with Crippen molar-refractivity contribution in [3.8, 4) is 0 Å². The molecule has 0 radical (unpaired) electrons. The summed E-state index contributed by atoms with van der Waals surface area (Å²) < 4.78 is 7.88. The highest BCUT2D eigenvalue weighted by Gasteiger charge is 2.43. The molecule has 0 saturated carbocycles. The van der Waals surface area contributed by atoms with Gasteiger partial charge in [0.25, 0.3) is 0 Å². The molecular formula is C14H21BrN5O2P. The van der Waals surface area contributed by atoms with Crippen LogP contribution in [-0.4, -0.2) is 67.5 Å². The van der Waals surface area contributed by atoms with Crippen LogP contribution in [0.5, 0.6) is 0 Å². The second-order valence-corrected chi connectivity index (χ2v) is 11.9. The van der Waals surface area contributed by atoms with E-state index in [-0.39, 0.29) is 17.2 Å². The molecule has 3 N–H and O–H groups in total. The molecule has 7 nitrogen and oxygen atoms in total. The maximum absolute atomic E-state index is 10.5. The molecule has 2 aromatic heterocycles. The summed E-state index contributed by atoms with van der Waals surface area (Å²) in [6.07, 6.45) is 7.78. The fourth-order valence-corrected chi connectivity index (χ4v) is 4.37. The first-order valence-electron chi connectivity index (χ1n) is 7.36. The molecule has 1 aliphatic rings. The van der Waals surface area contributed by atoms with E-state index >= 15 is 0 Å². The van der Waals surface area contributed by atoms with Crippen molar-refractivity contribution in [2.24, 2.45) is 0 Å². The lowest BCUT2D eigenvalue weighted by atomic mass is 10.1. The zero-order chi connectivity index (χ0) is 16.8. The number of aliphatic hydroxyl groups is 1. The first-order valence-corrected chi connectivity index (χ1v) is 11.3. The van der Waals surface area contributed by atoms with E-state index in [1.165, 1.54) is 6.33 Å². The van der Waals surface area contributed by atoms with Gasteiger partial charge < -0.3 is 15.6 Å². The van der Waals surface area contributed by atoms with E-state index in [9.17, 15) is 5.11 Å². The van der Waals surface area contributed by atoms with Gasteiger partial charge in [-0.2, -0.15) is 0 Å². The molecule has 126 valence electrons. The monoisotopic (exact) mass is 401 g/mol. The van der Waals surface area contributed by atoms with Gasteiger partial charge in [0.1, 0.15) is 11.8 Å². The molecule has 1 saturated heterocycles. The largest absolute Gasteiger partial charge is 0.389 e. The summed E-state index contributed by atoms with van der Waals surface area (Å²) in [6.45, 7) is 3.21. The molecule has 0 aromatic carbocycles. The number of hydrogen-bond acceptors (Lipinski definition) is 6. The smallest absolute Gasteiger partial charge is 0.167 e. The van der Waals surface area contributed by atoms with E-state index in [0.717, 1.165) is 12.6 Å². The molecule has 3 rings (SSSR count). The van der Waals surface area contributed by atoms with Crippen LogP contribution in [0.1, 0.15) is 12.6 Å². The molecule has 0 spiro atoms. The lowest BCUT2D eigenvalue weighted by Crippen LogP contribution is -2.28. The minimum Gasteiger partial charge on any atom is -0.389 e. The number of rotatable bonds is 4. The van der Waals surface area contributed by atoms with Crippen molar-refractivity contribution in [1.82, 2.24) is 19.5 Å². The molecule has 0 bridgehead atoms. The predicted molar refractivity (Wildman–Crippen MR) is 97.7 cm³/mol. The molecule has 1 fully saturated rings. The number of nitrogens with zero attached hydrogens (tertiary/aromatic N) is 4. The van der Waals surface area contributed by atoms with Crippen LogP contribution < -0.4 is 5.73 Å². The topological polar surface area (TPSA) is 99.1 Å². The summed E-state index contributed by atoms with van der Waals surface area (Å²) in [6, 6.07) is 0. The van der Waals surface area contributed by atoms with Gasteiger partial charge in [-0.15, -0.1) is 13.2 Å². The number of ether oxygens (including phenoxy) is 1. The van der Waals surface area contributed by atoms with Gasteiger partial charge in [0, 0.05) is 0 Å². The highest BCUT2D eigenvalue weighted by Crippen LogP contribution is 2.41. The number of nitrogens with two attached hydrogens (primary N) is 1. The first kappa shape index (κ1) is 16.9. The van der Waals surface area contributed by atoms with Gasteiger partial charge in [-0.25, -0.2) is 15.0 Å². The summed E-state index contributed by atoms with van der Waals surface area (Å²) in [7, 11) is 0. The van der Waals surface area contributed by atoms with E-state index < -0.39 is 13.0 Å². The summed E-state index contributed by atoms with van der Waals surface area (Å²) >= 11 is 3.55. The van der Waals surface area contributed by atoms with E-state index in [2.05, 4.69) is 50.5 Å². The van der Waals surface area contributed by atoms with E-state index in [1.54, 1.807) is 10.9 Å². The molecule has 1 aliphatic heterocycles. The number of aliphatic hydroxyl groups excluding tert-OH is 1. The first-order chi connectivity index (χ1) is 10.8. The maximum atomic E-state index is 10.5. The lowest BCUT2D eigenvalue weighted by Gasteiger charge is -2.18. The summed E-state index contributed by atoms with van der Waals surface area (Å²) in [5.41, 5.74) is 6.96. The van der Waals surface area contributed by atoms with Crippen molar-refractivity contribution >= 4 is 46.1 Å².